The molecule has 0 radical (unpaired) electrons. The number of nitro groups is 1. The second-order valence-corrected chi connectivity index (χ2v) is 6.15. The van der Waals surface area contributed by atoms with Crippen LogP contribution in [0.5, 0.6) is 0 Å². The molecular weight excluding hydrogens is 358 g/mol. The molecule has 0 fully saturated rings. The average Bonchev–Trinajstić information content (AvgIpc) is 3.09. The molecule has 0 saturated carbocycles. The number of hydrogen-bond donors (Lipinski definition) is 2. The number of aromatic amines is 1. The van der Waals surface area contributed by atoms with E-state index >= 15 is 0 Å². The molecule has 2 aromatic heterocycles. The van der Waals surface area contributed by atoms with E-state index < -0.39 is 4.92 Å². The number of hydrogen-bond acceptors (Lipinski definition) is 6. The third kappa shape index (κ3) is 2.91. The number of H-pyrrole nitrogens is 1. The Balaban J connectivity index is 2.02. The van der Waals surface area contributed by atoms with E-state index in [1.54, 1.807) is 12.1 Å². The smallest absolute Gasteiger partial charge is 0.270 e. The molecule has 0 bridgehead atoms. The molecule has 0 aliphatic rings. The lowest BCUT2D eigenvalue weighted by Crippen LogP contribution is -2.07. The molecule has 0 saturated heterocycles. The molecule has 0 amide bonds. The Hall–Kier alpha value is -4.25. The van der Waals surface area contributed by atoms with Crippen LogP contribution in [0.3, 0.4) is 0 Å². The summed E-state index contributed by atoms with van der Waals surface area (Å²) in [5.41, 5.74) is 2.31. The first kappa shape index (κ1) is 17.2. The largest absolute Gasteiger partial charge is 0.418 e. The highest BCUT2D eigenvalue weighted by Crippen LogP contribution is 2.34. The molecule has 2 heterocycles. The van der Waals surface area contributed by atoms with E-state index in [9.17, 15) is 15.4 Å². The molecule has 2 aromatic carbocycles. The minimum absolute atomic E-state index is 0.00343. The number of fused-ring (bicyclic) bond motifs is 1. The second kappa shape index (κ2) is 6.81. The molecule has 28 heavy (non-hydrogen) atoms. The lowest BCUT2D eigenvalue weighted by atomic mass is 9.96. The van der Waals surface area contributed by atoms with E-state index in [-0.39, 0.29) is 22.5 Å². The summed E-state index contributed by atoms with van der Waals surface area (Å²) in [7, 11) is 0. The zero-order chi connectivity index (χ0) is 19.7. The number of nitriles is 1. The van der Waals surface area contributed by atoms with E-state index in [1.807, 2.05) is 36.4 Å². The summed E-state index contributed by atoms with van der Waals surface area (Å²) in [6.45, 7) is 0. The number of benzene rings is 2. The molecular formula is C20H13N5O3. The second-order valence-electron chi connectivity index (χ2n) is 6.15. The Labute approximate surface area is 158 Å². The van der Waals surface area contributed by atoms with Crippen molar-refractivity contribution in [2.24, 2.45) is 0 Å². The maximum atomic E-state index is 11.2. The summed E-state index contributed by atoms with van der Waals surface area (Å²) in [6, 6.07) is 17.6. The number of nitrogens with zero attached hydrogens (tertiary/aromatic N) is 3. The molecule has 2 N–H and O–H groups in total. The van der Waals surface area contributed by atoms with Gasteiger partial charge in [-0.05, 0) is 11.1 Å². The third-order valence-electron chi connectivity index (χ3n) is 4.42. The van der Waals surface area contributed by atoms with Crippen LogP contribution >= 0.6 is 0 Å². The fourth-order valence-corrected chi connectivity index (χ4v) is 3.18. The Morgan fingerprint density at radius 3 is 2.71 bits per heavy atom. The highest BCUT2D eigenvalue weighted by Gasteiger charge is 2.21. The van der Waals surface area contributed by atoms with Crippen LogP contribution in [0.4, 0.5) is 5.69 Å². The number of aromatic nitrogens is 2. The monoisotopic (exact) mass is 371 g/mol. The molecule has 8 heteroatoms. The Morgan fingerprint density at radius 2 is 2.00 bits per heavy atom. The quantitative estimate of drug-likeness (QED) is 0.417. The zero-order valence-corrected chi connectivity index (χ0v) is 14.5. The minimum atomic E-state index is -0.498. The van der Waals surface area contributed by atoms with E-state index in [4.69, 9.17) is 9.83 Å². The van der Waals surface area contributed by atoms with Crippen molar-refractivity contribution in [2.75, 3.05) is 0 Å². The zero-order valence-electron chi connectivity index (χ0n) is 14.5. The van der Waals surface area contributed by atoms with E-state index in [0.717, 1.165) is 5.56 Å². The van der Waals surface area contributed by atoms with Crippen LogP contribution in [0.1, 0.15) is 16.8 Å². The Bertz CT molecular complexity index is 1300. The van der Waals surface area contributed by atoms with Crippen molar-refractivity contribution in [1.82, 2.24) is 10.2 Å². The normalized spacial score (nSPS) is 10.7. The molecule has 0 aliphatic carbocycles. The summed E-state index contributed by atoms with van der Waals surface area (Å²) >= 11 is 0. The van der Waals surface area contributed by atoms with Crippen LogP contribution in [-0.2, 0) is 6.42 Å². The van der Waals surface area contributed by atoms with Gasteiger partial charge in [0.1, 0.15) is 11.6 Å². The summed E-state index contributed by atoms with van der Waals surface area (Å²) in [6.07, 6.45) is 0.497. The minimum Gasteiger partial charge on any atom is -0.418 e. The van der Waals surface area contributed by atoms with E-state index in [1.165, 1.54) is 12.1 Å². The number of nitrogens with one attached hydrogen (secondary N) is 2. The van der Waals surface area contributed by atoms with Crippen molar-refractivity contribution in [3.63, 3.8) is 0 Å². The maximum absolute atomic E-state index is 11.2. The van der Waals surface area contributed by atoms with Crippen molar-refractivity contribution >= 4 is 16.8 Å². The predicted molar refractivity (Wildman–Crippen MR) is 100 cm³/mol. The van der Waals surface area contributed by atoms with Crippen LogP contribution in [-0.4, -0.2) is 15.1 Å². The number of nitro benzene ring substituents is 1. The molecule has 4 aromatic rings. The number of rotatable bonds is 4. The van der Waals surface area contributed by atoms with Gasteiger partial charge in [-0.15, -0.1) is 5.10 Å². The third-order valence-corrected chi connectivity index (χ3v) is 4.42. The van der Waals surface area contributed by atoms with Crippen LogP contribution in [0, 0.1) is 26.9 Å². The lowest BCUT2D eigenvalue weighted by Gasteiger charge is -2.08. The SMILES string of the molecule is N#Cc1c(-c2cccc([N+](=O)[O-])c2)c2c(Cc3ccccc3)[nH]nc2oc1=N. The van der Waals surface area contributed by atoms with Gasteiger partial charge in [0.05, 0.1) is 16.0 Å². The summed E-state index contributed by atoms with van der Waals surface area (Å²) < 4.78 is 5.41. The standard InChI is InChI=1S/C20H13N5O3/c21-11-15-17(13-7-4-8-14(10-13)25(26)27)18-16(9-12-5-2-1-3-6-12)23-24-20(18)28-19(15)22/h1-8,10,22H,9H2,(H,23,24). The van der Waals surface area contributed by atoms with Crippen LogP contribution in [0.25, 0.3) is 22.2 Å². The molecule has 0 aliphatic heterocycles. The van der Waals surface area contributed by atoms with Gasteiger partial charge in [0.25, 0.3) is 5.69 Å². The van der Waals surface area contributed by atoms with E-state index in [0.29, 0.717) is 28.6 Å². The van der Waals surface area contributed by atoms with Gasteiger partial charge in [-0.2, -0.15) is 5.26 Å². The highest BCUT2D eigenvalue weighted by atomic mass is 16.6. The summed E-state index contributed by atoms with van der Waals surface area (Å²) in [5.74, 6) is 0. The average molecular weight is 371 g/mol. The summed E-state index contributed by atoms with van der Waals surface area (Å²) in [4.78, 5) is 10.7. The molecule has 8 nitrogen and oxygen atoms in total. The molecule has 0 unspecified atom stereocenters. The van der Waals surface area contributed by atoms with Gasteiger partial charge in [-0.3, -0.25) is 20.6 Å². The fourth-order valence-electron chi connectivity index (χ4n) is 3.18. The first-order valence-electron chi connectivity index (χ1n) is 8.36. The molecule has 136 valence electrons. The molecule has 0 atom stereocenters. The van der Waals surface area contributed by atoms with Gasteiger partial charge in [0, 0.05) is 24.1 Å². The topological polar surface area (TPSA) is 133 Å². The van der Waals surface area contributed by atoms with Crippen molar-refractivity contribution in [3.8, 4) is 17.2 Å². The first-order chi connectivity index (χ1) is 13.6. The maximum Gasteiger partial charge on any atom is 0.270 e. The van der Waals surface area contributed by atoms with Crippen LogP contribution in [0.15, 0.2) is 59.0 Å². The van der Waals surface area contributed by atoms with Crippen molar-refractivity contribution in [1.29, 1.82) is 10.7 Å². The lowest BCUT2D eigenvalue weighted by molar-refractivity contribution is -0.384. The van der Waals surface area contributed by atoms with Gasteiger partial charge in [-0.1, -0.05) is 42.5 Å². The summed E-state index contributed by atoms with van der Waals surface area (Å²) in [5, 5.41) is 36.4. The van der Waals surface area contributed by atoms with Gasteiger partial charge < -0.3 is 4.42 Å². The Kier molecular flexibility index (Phi) is 4.18. The van der Waals surface area contributed by atoms with Gasteiger partial charge in [-0.25, -0.2) is 0 Å². The van der Waals surface area contributed by atoms with Gasteiger partial charge >= 0.3 is 0 Å². The fraction of sp³-hybridized carbons (Fsp3) is 0.0500. The number of non-ortho nitro benzene ring substituents is 1. The molecule has 4 rings (SSSR count). The van der Waals surface area contributed by atoms with Gasteiger partial charge in [0.15, 0.2) is 0 Å². The van der Waals surface area contributed by atoms with Crippen molar-refractivity contribution < 1.29 is 9.34 Å². The van der Waals surface area contributed by atoms with E-state index in [2.05, 4.69) is 10.2 Å². The van der Waals surface area contributed by atoms with Crippen molar-refractivity contribution in [3.05, 3.63) is 87.1 Å². The highest BCUT2D eigenvalue weighted by molar-refractivity contribution is 5.96. The Morgan fingerprint density at radius 1 is 1.21 bits per heavy atom. The van der Waals surface area contributed by atoms with Crippen LogP contribution < -0.4 is 5.55 Å². The van der Waals surface area contributed by atoms with Crippen LogP contribution in [0.2, 0.25) is 0 Å². The first-order valence-corrected chi connectivity index (χ1v) is 8.36. The predicted octanol–water partition coefficient (Wildman–Crippen LogP) is 3.67. The van der Waals surface area contributed by atoms with Crippen molar-refractivity contribution in [2.45, 2.75) is 6.42 Å². The molecule has 0 spiro atoms. The van der Waals surface area contributed by atoms with Gasteiger partial charge in [0.2, 0.25) is 11.3 Å².